The van der Waals surface area contributed by atoms with Gasteiger partial charge in [-0.3, -0.25) is 9.59 Å². The molecule has 0 heterocycles. The van der Waals surface area contributed by atoms with Gasteiger partial charge in [0, 0.05) is 12.6 Å². The third-order valence-electron chi connectivity index (χ3n) is 5.34. The van der Waals surface area contributed by atoms with Gasteiger partial charge in [0.15, 0.2) is 6.61 Å². The SMILES string of the molecule is CC[C@H](C)NC(=O)[C@@H](C)N(Cc1ccc(F)cc1)C(=O)COc1cccc(C)c1C. The fourth-order valence-corrected chi connectivity index (χ4v) is 2.94. The largest absolute Gasteiger partial charge is 0.483 e. The van der Waals surface area contributed by atoms with E-state index in [4.69, 9.17) is 4.74 Å². The third-order valence-corrected chi connectivity index (χ3v) is 5.34. The highest BCUT2D eigenvalue weighted by Crippen LogP contribution is 2.21. The van der Waals surface area contributed by atoms with E-state index in [-0.39, 0.29) is 36.8 Å². The van der Waals surface area contributed by atoms with Crippen molar-refractivity contribution < 1.29 is 18.7 Å². The van der Waals surface area contributed by atoms with Crippen molar-refractivity contribution in [3.05, 3.63) is 65.0 Å². The van der Waals surface area contributed by atoms with Crippen molar-refractivity contribution in [1.29, 1.82) is 0 Å². The molecule has 162 valence electrons. The third kappa shape index (κ3) is 6.31. The Hall–Kier alpha value is -2.89. The first-order chi connectivity index (χ1) is 14.2. The van der Waals surface area contributed by atoms with Crippen molar-refractivity contribution in [3.63, 3.8) is 0 Å². The first-order valence-electron chi connectivity index (χ1n) is 10.3. The van der Waals surface area contributed by atoms with Gasteiger partial charge in [0.05, 0.1) is 0 Å². The van der Waals surface area contributed by atoms with E-state index in [0.717, 1.165) is 23.1 Å². The zero-order chi connectivity index (χ0) is 22.3. The molecule has 0 saturated carbocycles. The fourth-order valence-electron chi connectivity index (χ4n) is 2.94. The van der Waals surface area contributed by atoms with E-state index in [1.807, 2.05) is 45.9 Å². The normalized spacial score (nSPS) is 12.7. The summed E-state index contributed by atoms with van der Waals surface area (Å²) in [5.74, 6) is -0.252. The zero-order valence-electron chi connectivity index (χ0n) is 18.4. The Labute approximate surface area is 178 Å². The molecule has 2 atom stereocenters. The van der Waals surface area contributed by atoms with Crippen LogP contribution in [-0.4, -0.2) is 35.4 Å². The lowest BCUT2D eigenvalue weighted by molar-refractivity contribution is -0.142. The van der Waals surface area contributed by atoms with Crippen LogP contribution < -0.4 is 10.1 Å². The molecular formula is C24H31FN2O3. The second-order valence-electron chi connectivity index (χ2n) is 7.63. The summed E-state index contributed by atoms with van der Waals surface area (Å²) >= 11 is 0. The Morgan fingerprint density at radius 2 is 1.77 bits per heavy atom. The quantitative estimate of drug-likeness (QED) is 0.671. The van der Waals surface area contributed by atoms with Gasteiger partial charge in [-0.2, -0.15) is 0 Å². The smallest absolute Gasteiger partial charge is 0.261 e. The Morgan fingerprint density at radius 1 is 1.10 bits per heavy atom. The number of ether oxygens (including phenoxy) is 1. The summed E-state index contributed by atoms with van der Waals surface area (Å²) < 4.78 is 19.0. The summed E-state index contributed by atoms with van der Waals surface area (Å²) in [5.41, 5.74) is 2.78. The van der Waals surface area contributed by atoms with Crippen LogP contribution in [0.15, 0.2) is 42.5 Å². The number of aryl methyl sites for hydroxylation is 1. The maximum atomic E-state index is 13.3. The average Bonchev–Trinajstić information content (AvgIpc) is 2.73. The number of amides is 2. The summed E-state index contributed by atoms with van der Waals surface area (Å²) in [4.78, 5) is 27.2. The van der Waals surface area contributed by atoms with Gasteiger partial charge < -0.3 is 15.0 Å². The highest BCUT2D eigenvalue weighted by atomic mass is 19.1. The Bertz CT molecular complexity index is 867. The number of hydrogen-bond acceptors (Lipinski definition) is 3. The van der Waals surface area contributed by atoms with Gasteiger partial charge in [0.25, 0.3) is 5.91 Å². The molecule has 0 bridgehead atoms. The molecule has 0 aliphatic carbocycles. The van der Waals surface area contributed by atoms with Gasteiger partial charge in [0.1, 0.15) is 17.6 Å². The Morgan fingerprint density at radius 3 is 2.40 bits per heavy atom. The lowest BCUT2D eigenvalue weighted by Crippen LogP contribution is -2.50. The summed E-state index contributed by atoms with van der Waals surface area (Å²) in [5, 5.41) is 2.92. The van der Waals surface area contributed by atoms with E-state index in [9.17, 15) is 14.0 Å². The molecule has 5 nitrogen and oxygen atoms in total. The van der Waals surface area contributed by atoms with Crippen LogP contribution in [0.2, 0.25) is 0 Å². The van der Waals surface area contributed by atoms with Gasteiger partial charge in [0.2, 0.25) is 5.91 Å². The summed E-state index contributed by atoms with van der Waals surface area (Å²) in [6.45, 7) is 9.50. The minimum Gasteiger partial charge on any atom is -0.483 e. The molecule has 1 N–H and O–H groups in total. The molecule has 0 aromatic heterocycles. The predicted octanol–water partition coefficient (Wildman–Crippen LogP) is 4.15. The maximum absolute atomic E-state index is 13.3. The number of benzene rings is 2. The van der Waals surface area contributed by atoms with Crippen LogP contribution in [0.4, 0.5) is 4.39 Å². The number of carbonyl (C=O) groups is 2. The second kappa shape index (κ2) is 10.8. The van der Waals surface area contributed by atoms with E-state index in [0.29, 0.717) is 5.75 Å². The highest BCUT2D eigenvalue weighted by molar-refractivity contribution is 5.88. The van der Waals surface area contributed by atoms with Crippen molar-refractivity contribution in [3.8, 4) is 5.75 Å². The topological polar surface area (TPSA) is 58.6 Å². The maximum Gasteiger partial charge on any atom is 0.261 e. The van der Waals surface area contributed by atoms with Crippen LogP contribution in [0.5, 0.6) is 5.75 Å². The summed E-state index contributed by atoms with van der Waals surface area (Å²) in [6, 6.07) is 10.9. The standard InChI is InChI=1S/C24H31FN2O3/c1-6-17(3)26-24(29)19(5)27(14-20-10-12-21(25)13-11-20)23(28)15-30-22-9-7-8-16(2)18(22)4/h7-13,17,19H,6,14-15H2,1-5H3,(H,26,29)/t17-,19+/m0/s1. The molecule has 30 heavy (non-hydrogen) atoms. The van der Waals surface area contributed by atoms with E-state index in [1.54, 1.807) is 19.1 Å². The van der Waals surface area contributed by atoms with E-state index in [1.165, 1.54) is 17.0 Å². The van der Waals surface area contributed by atoms with E-state index < -0.39 is 6.04 Å². The molecule has 2 aromatic carbocycles. The minimum absolute atomic E-state index is 0.00826. The molecule has 6 heteroatoms. The van der Waals surface area contributed by atoms with Gasteiger partial charge in [-0.15, -0.1) is 0 Å². The Kier molecular flexibility index (Phi) is 8.39. The molecule has 0 unspecified atom stereocenters. The van der Waals surface area contributed by atoms with Crippen LogP contribution in [0.3, 0.4) is 0 Å². The Balaban J connectivity index is 2.17. The summed E-state index contributed by atoms with van der Waals surface area (Å²) in [7, 11) is 0. The number of rotatable bonds is 9. The molecule has 0 radical (unpaired) electrons. The van der Waals surface area contributed by atoms with Crippen molar-refractivity contribution in [2.75, 3.05) is 6.61 Å². The summed E-state index contributed by atoms with van der Waals surface area (Å²) in [6.07, 6.45) is 0.792. The number of nitrogens with zero attached hydrogens (tertiary/aromatic N) is 1. The first kappa shape index (κ1) is 23.4. The van der Waals surface area contributed by atoms with Crippen molar-refractivity contribution in [1.82, 2.24) is 10.2 Å². The monoisotopic (exact) mass is 414 g/mol. The second-order valence-corrected chi connectivity index (χ2v) is 7.63. The molecule has 0 aliphatic heterocycles. The molecule has 0 saturated heterocycles. The predicted molar refractivity (Wildman–Crippen MR) is 116 cm³/mol. The molecule has 0 spiro atoms. The fraction of sp³-hybridized carbons (Fsp3) is 0.417. The van der Waals surface area contributed by atoms with Gasteiger partial charge in [-0.25, -0.2) is 4.39 Å². The number of nitrogens with one attached hydrogen (secondary N) is 1. The van der Waals surface area contributed by atoms with Gasteiger partial charge in [-0.1, -0.05) is 31.2 Å². The molecule has 0 fully saturated rings. The van der Waals surface area contributed by atoms with Gasteiger partial charge >= 0.3 is 0 Å². The molecular weight excluding hydrogens is 383 g/mol. The molecule has 2 amide bonds. The lowest BCUT2D eigenvalue weighted by atomic mass is 10.1. The first-order valence-corrected chi connectivity index (χ1v) is 10.3. The highest BCUT2D eigenvalue weighted by Gasteiger charge is 2.27. The lowest BCUT2D eigenvalue weighted by Gasteiger charge is -2.29. The van der Waals surface area contributed by atoms with Gasteiger partial charge in [-0.05, 0) is 69.0 Å². The van der Waals surface area contributed by atoms with Crippen LogP contribution in [0, 0.1) is 19.7 Å². The molecule has 2 aromatic rings. The number of carbonyl (C=O) groups excluding carboxylic acids is 2. The number of halogens is 1. The van der Waals surface area contributed by atoms with Crippen molar-refractivity contribution in [2.24, 2.45) is 0 Å². The minimum atomic E-state index is -0.696. The van der Waals surface area contributed by atoms with E-state index >= 15 is 0 Å². The van der Waals surface area contributed by atoms with Crippen molar-refractivity contribution >= 4 is 11.8 Å². The van der Waals surface area contributed by atoms with Crippen LogP contribution >= 0.6 is 0 Å². The zero-order valence-corrected chi connectivity index (χ0v) is 18.4. The number of hydrogen-bond donors (Lipinski definition) is 1. The van der Waals surface area contributed by atoms with E-state index in [2.05, 4.69) is 5.32 Å². The average molecular weight is 415 g/mol. The van der Waals surface area contributed by atoms with Crippen molar-refractivity contribution in [2.45, 2.75) is 59.7 Å². The molecule has 0 aliphatic rings. The van der Waals surface area contributed by atoms with Crippen LogP contribution in [-0.2, 0) is 16.1 Å². The van der Waals surface area contributed by atoms with Crippen LogP contribution in [0.25, 0.3) is 0 Å². The van der Waals surface area contributed by atoms with Crippen LogP contribution in [0.1, 0.15) is 43.9 Å². The molecule has 2 rings (SSSR count).